The first-order valence-electron chi connectivity index (χ1n) is 13.5. The molecule has 1 heterocycles. The van der Waals surface area contributed by atoms with Gasteiger partial charge in [-0.25, -0.2) is 5.43 Å². The van der Waals surface area contributed by atoms with E-state index >= 15 is 0 Å². The summed E-state index contributed by atoms with van der Waals surface area (Å²) in [5.74, 6) is -2.39. The van der Waals surface area contributed by atoms with E-state index in [1.807, 2.05) is 37.3 Å². The van der Waals surface area contributed by atoms with Gasteiger partial charge in [-0.15, -0.1) is 0 Å². The van der Waals surface area contributed by atoms with Gasteiger partial charge in [0.05, 0.1) is 5.92 Å². The standard InChI is InChI=1S/C30H41N3O4/c1-4-5-12-23(30(36)37)20-24(29(35)33-27(28(34)31-3)17-11-18-32-33)19-21(2)25-15-9-10-16-26(25)22-13-7-6-8-14-22/h6-10,13-16,21,23-24,27,32H,4-5,11-12,17-20H2,1-3H3,(H,31,34)(H,36,37)/t21-,23?,24?,27?/m1/s1. The van der Waals surface area contributed by atoms with Crippen LogP contribution in [0, 0.1) is 11.8 Å². The molecule has 7 heteroatoms. The number of hydrazine groups is 1. The van der Waals surface area contributed by atoms with E-state index in [-0.39, 0.29) is 24.2 Å². The quantitative estimate of drug-likeness (QED) is 0.376. The van der Waals surface area contributed by atoms with Crippen molar-refractivity contribution in [3.63, 3.8) is 0 Å². The van der Waals surface area contributed by atoms with Gasteiger partial charge in [0, 0.05) is 19.5 Å². The van der Waals surface area contributed by atoms with Crippen LogP contribution in [0.4, 0.5) is 0 Å². The fourth-order valence-electron chi connectivity index (χ4n) is 5.37. The zero-order valence-electron chi connectivity index (χ0n) is 22.3. The summed E-state index contributed by atoms with van der Waals surface area (Å²) < 4.78 is 0. The van der Waals surface area contributed by atoms with Crippen LogP contribution in [0.15, 0.2) is 54.6 Å². The number of carboxylic acids is 1. The van der Waals surface area contributed by atoms with E-state index in [0.29, 0.717) is 25.8 Å². The molecule has 0 spiro atoms. The van der Waals surface area contributed by atoms with Crippen LogP contribution in [0.5, 0.6) is 0 Å². The van der Waals surface area contributed by atoms with Crippen LogP contribution in [0.3, 0.4) is 0 Å². The molecule has 0 saturated carbocycles. The molecule has 2 aromatic rings. The molecule has 3 unspecified atom stereocenters. The second kappa shape index (κ2) is 13.9. The Bertz CT molecular complexity index is 1040. The van der Waals surface area contributed by atoms with E-state index in [2.05, 4.69) is 41.9 Å². The maximum absolute atomic E-state index is 14.0. The van der Waals surface area contributed by atoms with Crippen molar-refractivity contribution in [2.45, 2.75) is 70.8 Å². The summed E-state index contributed by atoms with van der Waals surface area (Å²) in [6.45, 7) is 4.75. The van der Waals surface area contributed by atoms with E-state index in [9.17, 15) is 19.5 Å². The molecule has 7 nitrogen and oxygen atoms in total. The van der Waals surface area contributed by atoms with Gasteiger partial charge in [-0.3, -0.25) is 19.4 Å². The molecule has 1 aliphatic heterocycles. The molecule has 2 amide bonds. The number of likely N-dealkylation sites (N-methyl/N-ethyl adjacent to an activating group) is 1. The minimum atomic E-state index is -0.863. The number of aliphatic carboxylic acids is 1. The first kappa shape index (κ1) is 28.4. The van der Waals surface area contributed by atoms with Crippen molar-refractivity contribution >= 4 is 17.8 Å². The van der Waals surface area contributed by atoms with Gasteiger partial charge in [0.2, 0.25) is 11.8 Å². The third-order valence-corrected chi connectivity index (χ3v) is 7.42. The summed E-state index contributed by atoms with van der Waals surface area (Å²) in [6.07, 6.45) is 4.36. The molecule has 4 atom stereocenters. The van der Waals surface area contributed by atoms with E-state index < -0.39 is 23.8 Å². The number of carboxylic acid groups (broad SMARTS) is 1. The van der Waals surface area contributed by atoms with Gasteiger partial charge in [-0.05, 0) is 54.7 Å². The van der Waals surface area contributed by atoms with E-state index in [4.69, 9.17) is 0 Å². The Kier molecular flexibility index (Phi) is 10.7. The van der Waals surface area contributed by atoms with Crippen LogP contribution in [0.25, 0.3) is 11.1 Å². The number of carbonyl (C=O) groups excluding carboxylic acids is 2. The number of nitrogens with zero attached hydrogens (tertiary/aromatic N) is 1. The molecule has 1 fully saturated rings. The van der Waals surface area contributed by atoms with Crippen LogP contribution < -0.4 is 10.7 Å². The van der Waals surface area contributed by atoms with Crippen LogP contribution in [0.2, 0.25) is 0 Å². The molecular formula is C30H41N3O4. The van der Waals surface area contributed by atoms with Gasteiger partial charge in [0.15, 0.2) is 0 Å². The molecule has 200 valence electrons. The predicted octanol–water partition coefficient (Wildman–Crippen LogP) is 4.99. The summed E-state index contributed by atoms with van der Waals surface area (Å²) in [7, 11) is 1.57. The van der Waals surface area contributed by atoms with Crippen molar-refractivity contribution < 1.29 is 19.5 Å². The van der Waals surface area contributed by atoms with Gasteiger partial charge in [-0.1, -0.05) is 81.3 Å². The number of amides is 2. The number of carbonyl (C=O) groups is 3. The van der Waals surface area contributed by atoms with Crippen molar-refractivity contribution in [2.24, 2.45) is 11.8 Å². The highest BCUT2D eigenvalue weighted by Crippen LogP contribution is 2.35. The number of unbranched alkanes of at least 4 members (excludes halogenated alkanes) is 1. The maximum atomic E-state index is 14.0. The van der Waals surface area contributed by atoms with Crippen molar-refractivity contribution in [3.05, 3.63) is 60.2 Å². The Balaban J connectivity index is 1.92. The summed E-state index contributed by atoms with van der Waals surface area (Å²) in [6, 6.07) is 17.8. The Labute approximate surface area is 220 Å². The Morgan fingerprint density at radius 1 is 1.05 bits per heavy atom. The van der Waals surface area contributed by atoms with Crippen molar-refractivity contribution in [2.75, 3.05) is 13.6 Å². The third-order valence-electron chi connectivity index (χ3n) is 7.42. The van der Waals surface area contributed by atoms with Crippen LogP contribution in [-0.2, 0) is 14.4 Å². The monoisotopic (exact) mass is 507 g/mol. The van der Waals surface area contributed by atoms with Crippen LogP contribution >= 0.6 is 0 Å². The molecule has 2 aromatic carbocycles. The van der Waals surface area contributed by atoms with Gasteiger partial charge in [0.1, 0.15) is 6.04 Å². The first-order valence-corrected chi connectivity index (χ1v) is 13.5. The number of nitrogens with one attached hydrogen (secondary N) is 2. The minimum Gasteiger partial charge on any atom is -0.481 e. The summed E-state index contributed by atoms with van der Waals surface area (Å²) in [5.41, 5.74) is 6.48. The molecule has 3 N–H and O–H groups in total. The average molecular weight is 508 g/mol. The molecule has 0 radical (unpaired) electrons. The second-order valence-electron chi connectivity index (χ2n) is 10.1. The number of hydrogen-bond acceptors (Lipinski definition) is 4. The SMILES string of the molecule is CCCCC(CC(C[C@@H](C)c1ccccc1-c1ccccc1)C(=O)N1NCCCC1C(=O)NC)C(=O)O. The minimum absolute atomic E-state index is 0.00854. The molecule has 0 aromatic heterocycles. The smallest absolute Gasteiger partial charge is 0.306 e. The highest BCUT2D eigenvalue weighted by molar-refractivity contribution is 5.88. The van der Waals surface area contributed by atoms with Gasteiger partial charge in [-0.2, -0.15) is 0 Å². The Morgan fingerprint density at radius 2 is 1.76 bits per heavy atom. The van der Waals surface area contributed by atoms with E-state index in [1.54, 1.807) is 7.05 Å². The lowest BCUT2D eigenvalue weighted by Crippen LogP contribution is -2.59. The fraction of sp³-hybridized carbons (Fsp3) is 0.500. The molecule has 1 aliphatic rings. The van der Waals surface area contributed by atoms with Gasteiger partial charge in [0.25, 0.3) is 0 Å². The third kappa shape index (κ3) is 7.41. The Morgan fingerprint density at radius 3 is 2.43 bits per heavy atom. The zero-order valence-corrected chi connectivity index (χ0v) is 22.3. The summed E-state index contributed by atoms with van der Waals surface area (Å²) in [5, 5.41) is 14.1. The number of benzene rings is 2. The normalized spacial score (nSPS) is 18.0. The summed E-state index contributed by atoms with van der Waals surface area (Å²) in [4.78, 5) is 38.7. The molecule has 0 bridgehead atoms. The van der Waals surface area contributed by atoms with E-state index in [1.165, 1.54) is 5.01 Å². The molecule has 0 aliphatic carbocycles. The lowest BCUT2D eigenvalue weighted by atomic mass is 9.80. The van der Waals surface area contributed by atoms with Crippen molar-refractivity contribution in [1.29, 1.82) is 0 Å². The maximum Gasteiger partial charge on any atom is 0.306 e. The molecular weight excluding hydrogens is 466 g/mol. The highest BCUT2D eigenvalue weighted by Gasteiger charge is 2.38. The first-order chi connectivity index (χ1) is 17.9. The zero-order chi connectivity index (χ0) is 26.8. The average Bonchev–Trinajstić information content (AvgIpc) is 2.94. The van der Waals surface area contributed by atoms with Gasteiger partial charge < -0.3 is 10.4 Å². The van der Waals surface area contributed by atoms with Crippen molar-refractivity contribution in [1.82, 2.24) is 15.8 Å². The molecule has 3 rings (SSSR count). The van der Waals surface area contributed by atoms with E-state index in [0.717, 1.165) is 36.0 Å². The van der Waals surface area contributed by atoms with Crippen LogP contribution in [0.1, 0.15) is 70.3 Å². The van der Waals surface area contributed by atoms with Gasteiger partial charge >= 0.3 is 5.97 Å². The van der Waals surface area contributed by atoms with Crippen molar-refractivity contribution in [3.8, 4) is 11.1 Å². The lowest BCUT2D eigenvalue weighted by Gasteiger charge is -2.38. The highest BCUT2D eigenvalue weighted by atomic mass is 16.4. The largest absolute Gasteiger partial charge is 0.481 e. The second-order valence-corrected chi connectivity index (χ2v) is 10.1. The Hall–Kier alpha value is -3.19. The topological polar surface area (TPSA) is 98.7 Å². The molecule has 37 heavy (non-hydrogen) atoms. The number of rotatable bonds is 12. The summed E-state index contributed by atoms with van der Waals surface area (Å²) >= 11 is 0. The fourth-order valence-corrected chi connectivity index (χ4v) is 5.37. The molecule has 1 saturated heterocycles. The lowest BCUT2D eigenvalue weighted by molar-refractivity contribution is -0.152. The van der Waals surface area contributed by atoms with Crippen LogP contribution in [-0.4, -0.2) is 47.5 Å². The predicted molar refractivity (Wildman–Crippen MR) is 146 cm³/mol. The number of hydrogen-bond donors (Lipinski definition) is 3.